The summed E-state index contributed by atoms with van der Waals surface area (Å²) in [7, 11) is 0. The first-order valence-corrected chi connectivity index (χ1v) is 7.22. The number of hydrogen-bond acceptors (Lipinski definition) is 3. The molecule has 1 aliphatic rings. The summed E-state index contributed by atoms with van der Waals surface area (Å²) >= 11 is 0. The van der Waals surface area contributed by atoms with E-state index in [-0.39, 0.29) is 11.9 Å². The molecule has 0 radical (unpaired) electrons. The van der Waals surface area contributed by atoms with Crippen molar-refractivity contribution in [3.8, 4) is 0 Å². The lowest BCUT2D eigenvalue weighted by molar-refractivity contribution is -0.145. The number of ether oxygens (including phenoxy) is 1. The van der Waals surface area contributed by atoms with Crippen LogP contribution in [-0.4, -0.2) is 12.6 Å². The number of esters is 1. The van der Waals surface area contributed by atoms with E-state index >= 15 is 0 Å². The van der Waals surface area contributed by atoms with E-state index in [1.807, 2.05) is 31.2 Å². The summed E-state index contributed by atoms with van der Waals surface area (Å²) in [5.41, 5.74) is 7.47. The fourth-order valence-electron chi connectivity index (χ4n) is 2.92. The highest BCUT2D eigenvalue weighted by molar-refractivity contribution is 5.78. The van der Waals surface area contributed by atoms with Crippen molar-refractivity contribution in [2.75, 3.05) is 12.3 Å². The Morgan fingerprint density at radius 2 is 1.95 bits per heavy atom. The molecule has 2 rings (SSSR count). The first kappa shape index (κ1) is 13.9. The number of benzene rings is 1. The Kier molecular flexibility index (Phi) is 4.83. The topological polar surface area (TPSA) is 52.3 Å². The van der Waals surface area contributed by atoms with Crippen molar-refractivity contribution in [1.29, 1.82) is 0 Å². The molecule has 3 nitrogen and oxygen atoms in total. The van der Waals surface area contributed by atoms with Gasteiger partial charge in [-0.2, -0.15) is 0 Å². The van der Waals surface area contributed by atoms with Crippen molar-refractivity contribution in [3.05, 3.63) is 29.8 Å². The van der Waals surface area contributed by atoms with Crippen LogP contribution < -0.4 is 5.73 Å². The summed E-state index contributed by atoms with van der Waals surface area (Å²) in [5, 5.41) is 0. The predicted molar refractivity (Wildman–Crippen MR) is 76.8 cm³/mol. The minimum absolute atomic E-state index is 0.0980. The number of anilines is 1. The molecule has 19 heavy (non-hydrogen) atoms. The first-order valence-electron chi connectivity index (χ1n) is 7.22. The molecule has 1 aliphatic carbocycles. The number of nitrogen functional groups attached to an aromatic ring is 1. The molecule has 0 spiro atoms. The molecule has 0 heterocycles. The molecule has 1 aromatic rings. The molecular weight excluding hydrogens is 238 g/mol. The van der Waals surface area contributed by atoms with Crippen molar-refractivity contribution in [2.45, 2.75) is 44.9 Å². The Bertz CT molecular complexity index is 407. The second-order valence-corrected chi connectivity index (χ2v) is 5.36. The molecule has 1 unspecified atom stereocenters. The molecule has 0 aromatic heterocycles. The van der Waals surface area contributed by atoms with Gasteiger partial charge >= 0.3 is 5.97 Å². The van der Waals surface area contributed by atoms with Crippen LogP contribution in [0.1, 0.15) is 50.5 Å². The van der Waals surface area contributed by atoms with Gasteiger partial charge in [-0.3, -0.25) is 4.79 Å². The molecule has 1 aromatic carbocycles. The van der Waals surface area contributed by atoms with E-state index < -0.39 is 0 Å². The third-order valence-corrected chi connectivity index (χ3v) is 3.95. The zero-order chi connectivity index (χ0) is 13.7. The molecule has 3 heteroatoms. The van der Waals surface area contributed by atoms with Gasteiger partial charge in [-0.25, -0.2) is 0 Å². The van der Waals surface area contributed by atoms with Crippen molar-refractivity contribution in [3.63, 3.8) is 0 Å². The molecule has 1 saturated carbocycles. The Balaban J connectivity index is 2.12. The summed E-state index contributed by atoms with van der Waals surface area (Å²) < 4.78 is 5.23. The molecule has 104 valence electrons. The van der Waals surface area contributed by atoms with E-state index in [4.69, 9.17) is 10.5 Å². The van der Waals surface area contributed by atoms with E-state index in [0.29, 0.717) is 12.5 Å². The van der Waals surface area contributed by atoms with E-state index in [1.54, 1.807) is 0 Å². The maximum absolute atomic E-state index is 12.2. The molecule has 1 atom stereocenters. The minimum atomic E-state index is -0.136. The number of nitrogens with two attached hydrogens (primary N) is 1. The van der Waals surface area contributed by atoms with Crippen LogP contribution >= 0.6 is 0 Å². The fraction of sp³-hybridized carbons (Fsp3) is 0.562. The van der Waals surface area contributed by atoms with Crippen LogP contribution in [0.2, 0.25) is 0 Å². The van der Waals surface area contributed by atoms with Gasteiger partial charge in [-0.1, -0.05) is 37.8 Å². The summed E-state index contributed by atoms with van der Waals surface area (Å²) in [6, 6.07) is 7.62. The number of hydrogen-bond donors (Lipinski definition) is 1. The Morgan fingerprint density at radius 3 is 2.53 bits per heavy atom. The Labute approximate surface area is 115 Å². The van der Waals surface area contributed by atoms with Crippen molar-refractivity contribution < 1.29 is 9.53 Å². The van der Waals surface area contributed by atoms with Crippen molar-refractivity contribution in [1.82, 2.24) is 0 Å². The Morgan fingerprint density at radius 1 is 1.32 bits per heavy atom. The summed E-state index contributed by atoms with van der Waals surface area (Å²) in [6.45, 7) is 2.29. The summed E-state index contributed by atoms with van der Waals surface area (Å²) in [5.74, 6) is 0.426. The second kappa shape index (κ2) is 6.60. The van der Waals surface area contributed by atoms with Crippen molar-refractivity contribution in [2.24, 2.45) is 5.92 Å². The quantitative estimate of drug-likeness (QED) is 0.652. The van der Waals surface area contributed by atoms with Gasteiger partial charge in [0, 0.05) is 5.69 Å². The molecule has 0 bridgehead atoms. The van der Waals surface area contributed by atoms with Crippen LogP contribution in [0.3, 0.4) is 0 Å². The van der Waals surface area contributed by atoms with Crippen LogP contribution in [0, 0.1) is 5.92 Å². The maximum Gasteiger partial charge on any atom is 0.313 e. The van der Waals surface area contributed by atoms with Gasteiger partial charge < -0.3 is 10.5 Å². The van der Waals surface area contributed by atoms with Crippen LogP contribution in [0.25, 0.3) is 0 Å². The van der Waals surface area contributed by atoms with Gasteiger partial charge in [-0.15, -0.1) is 0 Å². The average Bonchev–Trinajstić information content (AvgIpc) is 2.90. The monoisotopic (exact) mass is 261 g/mol. The first-order chi connectivity index (χ1) is 9.20. The predicted octanol–water partition coefficient (Wildman–Crippen LogP) is 3.50. The SMILES string of the molecule is CCOC(=O)C(CC1CCCC1)c1ccc(N)cc1. The van der Waals surface area contributed by atoms with Gasteiger partial charge in [0.1, 0.15) is 0 Å². The van der Waals surface area contributed by atoms with Gasteiger partial charge in [-0.05, 0) is 37.0 Å². The molecule has 0 amide bonds. The molecule has 1 fully saturated rings. The van der Waals surface area contributed by atoms with Gasteiger partial charge in [0.05, 0.1) is 12.5 Å². The van der Waals surface area contributed by atoms with Crippen LogP contribution in [-0.2, 0) is 9.53 Å². The number of carbonyl (C=O) groups is 1. The van der Waals surface area contributed by atoms with E-state index in [2.05, 4.69) is 0 Å². The lowest BCUT2D eigenvalue weighted by Gasteiger charge is -2.19. The zero-order valence-corrected chi connectivity index (χ0v) is 11.6. The molecule has 2 N–H and O–H groups in total. The zero-order valence-electron chi connectivity index (χ0n) is 11.6. The van der Waals surface area contributed by atoms with Gasteiger partial charge in [0.2, 0.25) is 0 Å². The minimum Gasteiger partial charge on any atom is -0.466 e. The highest BCUT2D eigenvalue weighted by Gasteiger charge is 2.27. The van der Waals surface area contributed by atoms with Crippen LogP contribution in [0.15, 0.2) is 24.3 Å². The summed E-state index contributed by atoms with van der Waals surface area (Å²) in [6.07, 6.45) is 5.97. The highest BCUT2D eigenvalue weighted by Crippen LogP contribution is 2.35. The van der Waals surface area contributed by atoms with Crippen molar-refractivity contribution >= 4 is 11.7 Å². The second-order valence-electron chi connectivity index (χ2n) is 5.36. The number of carbonyl (C=O) groups excluding carboxylic acids is 1. The molecule has 0 saturated heterocycles. The largest absolute Gasteiger partial charge is 0.466 e. The van der Waals surface area contributed by atoms with E-state index in [1.165, 1.54) is 25.7 Å². The standard InChI is InChI=1S/C16H23NO2/c1-2-19-16(18)15(11-12-5-3-4-6-12)13-7-9-14(17)10-8-13/h7-10,12,15H,2-6,11,17H2,1H3. The lowest BCUT2D eigenvalue weighted by atomic mass is 9.88. The maximum atomic E-state index is 12.2. The number of rotatable bonds is 5. The molecule has 0 aliphatic heterocycles. The molecular formula is C16H23NO2. The smallest absolute Gasteiger partial charge is 0.313 e. The highest BCUT2D eigenvalue weighted by atomic mass is 16.5. The average molecular weight is 261 g/mol. The van der Waals surface area contributed by atoms with Gasteiger partial charge in [0.15, 0.2) is 0 Å². The Hall–Kier alpha value is -1.51. The normalized spacial score (nSPS) is 17.3. The third-order valence-electron chi connectivity index (χ3n) is 3.95. The van der Waals surface area contributed by atoms with Crippen LogP contribution in [0.5, 0.6) is 0 Å². The lowest BCUT2D eigenvalue weighted by Crippen LogP contribution is -2.18. The van der Waals surface area contributed by atoms with E-state index in [9.17, 15) is 4.79 Å². The van der Waals surface area contributed by atoms with Crippen LogP contribution in [0.4, 0.5) is 5.69 Å². The summed E-state index contributed by atoms with van der Waals surface area (Å²) in [4.78, 5) is 12.2. The van der Waals surface area contributed by atoms with E-state index in [0.717, 1.165) is 17.7 Å². The van der Waals surface area contributed by atoms with Gasteiger partial charge in [0.25, 0.3) is 0 Å². The third kappa shape index (κ3) is 3.72. The fourth-order valence-corrected chi connectivity index (χ4v) is 2.92.